The summed E-state index contributed by atoms with van der Waals surface area (Å²) in [7, 11) is -2.18. The molecule has 0 heterocycles. The van der Waals surface area contributed by atoms with Crippen molar-refractivity contribution in [2.75, 3.05) is 13.7 Å². The molecule has 7 nitrogen and oxygen atoms in total. The second-order valence-electron chi connectivity index (χ2n) is 5.46. The zero-order valence-electron chi connectivity index (χ0n) is 12.9. The molecule has 1 aromatic rings. The predicted octanol–water partition coefficient (Wildman–Crippen LogP) is 1.21. The predicted molar refractivity (Wildman–Crippen MR) is 82.8 cm³/mol. The lowest BCUT2D eigenvalue weighted by Crippen LogP contribution is -2.40. The Balaban J connectivity index is 2.48. The van der Waals surface area contributed by atoms with Gasteiger partial charge in [0.25, 0.3) is 0 Å². The van der Waals surface area contributed by atoms with Gasteiger partial charge in [0.15, 0.2) is 5.84 Å². The van der Waals surface area contributed by atoms with Crippen LogP contribution >= 0.6 is 0 Å². The van der Waals surface area contributed by atoms with Gasteiger partial charge in [0, 0.05) is 6.04 Å². The van der Waals surface area contributed by atoms with E-state index in [-0.39, 0.29) is 23.3 Å². The van der Waals surface area contributed by atoms with E-state index in [1.54, 1.807) is 26.0 Å². The van der Waals surface area contributed by atoms with Crippen molar-refractivity contribution in [1.82, 2.24) is 4.31 Å². The van der Waals surface area contributed by atoms with Crippen LogP contribution in [-0.2, 0) is 10.0 Å². The molecule has 0 aromatic heterocycles. The highest BCUT2D eigenvalue weighted by atomic mass is 32.2. The van der Waals surface area contributed by atoms with Gasteiger partial charge < -0.3 is 15.7 Å². The minimum Gasteiger partial charge on any atom is -0.497 e. The fraction of sp³-hybridized carbons (Fsp3) is 0.500. The highest BCUT2D eigenvalue weighted by molar-refractivity contribution is 7.89. The third-order valence-electron chi connectivity index (χ3n) is 3.64. The van der Waals surface area contributed by atoms with Crippen LogP contribution in [-0.4, -0.2) is 43.5 Å². The summed E-state index contributed by atoms with van der Waals surface area (Å²) in [6.45, 7) is 3.35. The highest BCUT2D eigenvalue weighted by Crippen LogP contribution is 2.35. The van der Waals surface area contributed by atoms with Crippen LogP contribution in [0.15, 0.2) is 22.2 Å². The Hall–Kier alpha value is -1.80. The maximum absolute atomic E-state index is 13.0. The molecule has 1 aliphatic rings. The molecule has 0 aliphatic heterocycles. The molecule has 0 bridgehead atoms. The number of hydrogen-bond donors (Lipinski definition) is 2. The van der Waals surface area contributed by atoms with Gasteiger partial charge in [-0.2, -0.15) is 4.31 Å². The smallest absolute Gasteiger partial charge is 0.244 e. The summed E-state index contributed by atoms with van der Waals surface area (Å²) < 4.78 is 32.5. The van der Waals surface area contributed by atoms with Crippen molar-refractivity contribution < 1.29 is 18.4 Å². The zero-order chi connectivity index (χ0) is 16.5. The molecule has 0 saturated heterocycles. The summed E-state index contributed by atoms with van der Waals surface area (Å²) in [5.74, 6) is 0.489. The van der Waals surface area contributed by atoms with Gasteiger partial charge in [-0.3, -0.25) is 0 Å². The van der Waals surface area contributed by atoms with Gasteiger partial charge in [-0.25, -0.2) is 8.42 Å². The molecule has 1 saturated carbocycles. The number of aryl methyl sites for hydroxylation is 2. The third-order valence-corrected chi connectivity index (χ3v) is 5.84. The molecule has 1 aromatic carbocycles. The molecular formula is C14H21N3O4S. The van der Waals surface area contributed by atoms with Crippen molar-refractivity contribution in [2.45, 2.75) is 37.6 Å². The van der Waals surface area contributed by atoms with Crippen molar-refractivity contribution in [1.29, 1.82) is 0 Å². The van der Waals surface area contributed by atoms with Crippen molar-refractivity contribution >= 4 is 15.9 Å². The van der Waals surface area contributed by atoms with Gasteiger partial charge >= 0.3 is 0 Å². The Morgan fingerprint density at radius 2 is 1.95 bits per heavy atom. The lowest BCUT2D eigenvalue weighted by Gasteiger charge is -2.23. The number of hydrogen-bond acceptors (Lipinski definition) is 5. The summed E-state index contributed by atoms with van der Waals surface area (Å²) in [6, 6.07) is 3.29. The third kappa shape index (κ3) is 3.17. The Labute approximate surface area is 130 Å². The van der Waals surface area contributed by atoms with Gasteiger partial charge in [-0.15, -0.1) is 0 Å². The number of methoxy groups -OCH3 is 1. The van der Waals surface area contributed by atoms with E-state index in [4.69, 9.17) is 15.7 Å². The van der Waals surface area contributed by atoms with E-state index >= 15 is 0 Å². The molecular weight excluding hydrogens is 306 g/mol. The molecule has 22 heavy (non-hydrogen) atoms. The Morgan fingerprint density at radius 3 is 2.36 bits per heavy atom. The number of ether oxygens (including phenoxy) is 1. The summed E-state index contributed by atoms with van der Waals surface area (Å²) in [6.07, 6.45) is 1.57. The average Bonchev–Trinajstić information content (AvgIpc) is 3.27. The summed E-state index contributed by atoms with van der Waals surface area (Å²) >= 11 is 0. The molecule has 8 heteroatoms. The second-order valence-corrected chi connectivity index (χ2v) is 7.29. The largest absolute Gasteiger partial charge is 0.497 e. The van der Waals surface area contributed by atoms with Gasteiger partial charge in [-0.05, 0) is 49.9 Å². The van der Waals surface area contributed by atoms with Crippen LogP contribution in [0.4, 0.5) is 0 Å². The molecule has 0 atom stereocenters. The summed E-state index contributed by atoms with van der Waals surface area (Å²) in [5, 5.41) is 11.6. The molecule has 1 fully saturated rings. The first-order valence-electron chi connectivity index (χ1n) is 6.94. The first kappa shape index (κ1) is 16.6. The molecule has 1 aliphatic carbocycles. The van der Waals surface area contributed by atoms with E-state index < -0.39 is 10.0 Å². The zero-order valence-corrected chi connectivity index (χ0v) is 13.7. The maximum Gasteiger partial charge on any atom is 0.244 e. The van der Waals surface area contributed by atoms with E-state index in [2.05, 4.69) is 5.16 Å². The molecule has 3 N–H and O–H groups in total. The Morgan fingerprint density at radius 1 is 1.41 bits per heavy atom. The number of benzene rings is 1. The monoisotopic (exact) mass is 327 g/mol. The van der Waals surface area contributed by atoms with Crippen LogP contribution in [0.2, 0.25) is 0 Å². The van der Waals surface area contributed by atoms with Crippen LogP contribution in [0.3, 0.4) is 0 Å². The van der Waals surface area contributed by atoms with Gasteiger partial charge in [0.2, 0.25) is 10.0 Å². The summed E-state index contributed by atoms with van der Waals surface area (Å²) in [4.78, 5) is 0.255. The van der Waals surface area contributed by atoms with E-state index in [0.29, 0.717) is 16.9 Å². The lowest BCUT2D eigenvalue weighted by atomic mass is 10.1. The van der Waals surface area contributed by atoms with Crippen LogP contribution < -0.4 is 10.5 Å². The van der Waals surface area contributed by atoms with Crippen LogP contribution in [0, 0.1) is 13.8 Å². The van der Waals surface area contributed by atoms with E-state index in [0.717, 1.165) is 12.8 Å². The van der Waals surface area contributed by atoms with E-state index in [9.17, 15) is 8.42 Å². The quantitative estimate of drug-likeness (QED) is 0.354. The average molecular weight is 327 g/mol. The maximum atomic E-state index is 13.0. The van der Waals surface area contributed by atoms with Crippen molar-refractivity contribution in [3.05, 3.63) is 23.3 Å². The van der Waals surface area contributed by atoms with Crippen LogP contribution in [0.1, 0.15) is 24.0 Å². The van der Waals surface area contributed by atoms with Crippen molar-refractivity contribution in [3.8, 4) is 5.75 Å². The number of oxime groups is 1. The highest BCUT2D eigenvalue weighted by Gasteiger charge is 2.39. The van der Waals surface area contributed by atoms with E-state index in [1.807, 2.05) is 0 Å². The van der Waals surface area contributed by atoms with Gasteiger partial charge in [-0.1, -0.05) is 5.16 Å². The first-order chi connectivity index (χ1) is 10.3. The molecule has 2 rings (SSSR count). The fourth-order valence-corrected chi connectivity index (χ4v) is 4.59. The minimum atomic E-state index is -3.72. The number of rotatable bonds is 6. The SMILES string of the molecule is COc1cc(C)c(S(=O)(=O)N(C/C(N)=N/O)C2CC2)c(C)c1. The number of nitrogens with two attached hydrogens (primary N) is 1. The van der Waals surface area contributed by atoms with Gasteiger partial charge in [0.05, 0.1) is 18.6 Å². The normalized spacial score (nSPS) is 16.1. The molecule has 0 unspecified atom stereocenters. The lowest BCUT2D eigenvalue weighted by molar-refractivity contribution is 0.314. The van der Waals surface area contributed by atoms with Crippen LogP contribution in [0.25, 0.3) is 0 Å². The number of amidine groups is 1. The fourth-order valence-electron chi connectivity index (χ4n) is 2.52. The van der Waals surface area contributed by atoms with E-state index in [1.165, 1.54) is 11.4 Å². The molecule has 0 radical (unpaired) electrons. The van der Waals surface area contributed by atoms with Crippen LogP contribution in [0.5, 0.6) is 5.75 Å². The van der Waals surface area contributed by atoms with Crippen molar-refractivity contribution in [2.24, 2.45) is 10.9 Å². The molecule has 0 spiro atoms. The molecule has 122 valence electrons. The Kier molecular flexibility index (Phi) is 4.62. The minimum absolute atomic E-state index is 0.0915. The van der Waals surface area contributed by atoms with Crippen molar-refractivity contribution in [3.63, 3.8) is 0 Å². The Bertz CT molecular complexity index is 673. The summed E-state index contributed by atoms with van der Waals surface area (Å²) in [5.41, 5.74) is 6.74. The standard InChI is InChI=1S/C14H21N3O4S/c1-9-6-12(21-3)7-10(2)14(9)22(19,20)17(11-4-5-11)8-13(15)16-18/h6-7,11,18H,4-5,8H2,1-3H3,(H2,15,16). The first-order valence-corrected chi connectivity index (χ1v) is 8.38. The topological polar surface area (TPSA) is 105 Å². The second kappa shape index (κ2) is 6.13. The van der Waals surface area contributed by atoms with Gasteiger partial charge in [0.1, 0.15) is 5.75 Å². The number of sulfonamides is 1. The number of nitrogens with zero attached hydrogens (tertiary/aromatic N) is 2. The molecule has 0 amide bonds.